The predicted molar refractivity (Wildman–Crippen MR) is 99.4 cm³/mol. The standard InChI is InChI=1S/C19H24N2O3S/c1-11-6-12(8-13(20)7-11)15-9-21-17(25-15)19(24)5-4-14(16(22)23)18(2,3)10-19/h6-9,14,24H,4-5,10,20H2,1-3H3,(H,22,23)/t14-,19+/m0/s1. The molecular weight excluding hydrogens is 336 g/mol. The number of rotatable bonds is 3. The summed E-state index contributed by atoms with van der Waals surface area (Å²) in [4.78, 5) is 16.9. The Morgan fingerprint density at radius 3 is 2.68 bits per heavy atom. The number of nitrogens with zero attached hydrogens (tertiary/aromatic N) is 1. The first-order valence-corrected chi connectivity index (χ1v) is 9.21. The van der Waals surface area contributed by atoms with Crippen LogP contribution >= 0.6 is 11.3 Å². The van der Waals surface area contributed by atoms with Crippen molar-refractivity contribution in [2.45, 2.75) is 45.6 Å². The topological polar surface area (TPSA) is 96.4 Å². The van der Waals surface area contributed by atoms with Gasteiger partial charge in [-0.25, -0.2) is 4.98 Å². The molecule has 0 aliphatic heterocycles. The third-order valence-corrected chi connectivity index (χ3v) is 6.36. The number of aliphatic hydroxyl groups is 1. The lowest BCUT2D eigenvalue weighted by Crippen LogP contribution is -2.44. The number of anilines is 1. The Morgan fingerprint density at radius 2 is 2.08 bits per heavy atom. The normalized spacial score (nSPS) is 25.7. The minimum atomic E-state index is -1.08. The summed E-state index contributed by atoms with van der Waals surface area (Å²) in [6.45, 7) is 5.81. The van der Waals surface area contributed by atoms with Crippen molar-refractivity contribution in [3.63, 3.8) is 0 Å². The van der Waals surface area contributed by atoms with Gasteiger partial charge in [0.1, 0.15) is 10.6 Å². The molecule has 4 N–H and O–H groups in total. The lowest BCUT2D eigenvalue weighted by atomic mass is 9.63. The van der Waals surface area contributed by atoms with Gasteiger partial charge in [0.05, 0.1) is 10.8 Å². The molecule has 0 unspecified atom stereocenters. The average Bonchev–Trinajstić information content (AvgIpc) is 2.95. The number of aryl methyl sites for hydroxylation is 1. The number of thiazole rings is 1. The van der Waals surface area contributed by atoms with Crippen molar-refractivity contribution < 1.29 is 15.0 Å². The van der Waals surface area contributed by atoms with Gasteiger partial charge < -0.3 is 15.9 Å². The Bertz CT molecular complexity index is 795. The Morgan fingerprint density at radius 1 is 1.36 bits per heavy atom. The van der Waals surface area contributed by atoms with Gasteiger partial charge in [0, 0.05) is 11.9 Å². The summed E-state index contributed by atoms with van der Waals surface area (Å²) in [6.07, 6.45) is 3.02. The highest BCUT2D eigenvalue weighted by Crippen LogP contribution is 2.50. The van der Waals surface area contributed by atoms with Gasteiger partial charge in [-0.2, -0.15) is 0 Å². The van der Waals surface area contributed by atoms with Crippen LogP contribution in [0.5, 0.6) is 0 Å². The van der Waals surface area contributed by atoms with Crippen LogP contribution in [0.4, 0.5) is 5.69 Å². The summed E-state index contributed by atoms with van der Waals surface area (Å²) >= 11 is 1.46. The highest BCUT2D eigenvalue weighted by atomic mass is 32.1. The molecule has 1 aromatic heterocycles. The fraction of sp³-hybridized carbons (Fsp3) is 0.474. The van der Waals surface area contributed by atoms with E-state index in [2.05, 4.69) is 4.98 Å². The highest BCUT2D eigenvalue weighted by molar-refractivity contribution is 7.15. The van der Waals surface area contributed by atoms with Gasteiger partial charge in [0.25, 0.3) is 0 Å². The Kier molecular flexibility index (Phi) is 4.37. The summed E-state index contributed by atoms with van der Waals surface area (Å²) in [7, 11) is 0. The van der Waals surface area contributed by atoms with Gasteiger partial charge >= 0.3 is 5.97 Å². The summed E-state index contributed by atoms with van der Waals surface area (Å²) in [5.41, 5.74) is 7.13. The minimum absolute atomic E-state index is 0.389. The second kappa shape index (κ2) is 6.11. The molecule has 25 heavy (non-hydrogen) atoms. The second-order valence-electron chi connectivity index (χ2n) is 7.79. The lowest BCUT2D eigenvalue weighted by molar-refractivity contribution is -0.154. The fourth-order valence-corrected chi connectivity index (χ4v) is 4.98. The molecule has 0 radical (unpaired) electrons. The molecule has 0 saturated heterocycles. The number of nitrogen functional groups attached to an aromatic ring is 1. The van der Waals surface area contributed by atoms with Crippen molar-refractivity contribution >= 4 is 23.0 Å². The zero-order valence-electron chi connectivity index (χ0n) is 14.7. The highest BCUT2D eigenvalue weighted by Gasteiger charge is 2.49. The summed E-state index contributed by atoms with van der Waals surface area (Å²) < 4.78 is 0. The Hall–Kier alpha value is -1.92. The number of aromatic nitrogens is 1. The van der Waals surface area contributed by atoms with E-state index in [1.807, 2.05) is 39.0 Å². The van der Waals surface area contributed by atoms with Crippen LogP contribution in [-0.2, 0) is 10.4 Å². The molecule has 1 saturated carbocycles. The van der Waals surface area contributed by atoms with Crippen molar-refractivity contribution in [2.24, 2.45) is 11.3 Å². The van der Waals surface area contributed by atoms with Crippen LogP contribution in [0.1, 0.15) is 43.7 Å². The maximum absolute atomic E-state index is 11.5. The molecule has 0 bridgehead atoms. The minimum Gasteiger partial charge on any atom is -0.481 e. The van der Waals surface area contributed by atoms with E-state index in [0.29, 0.717) is 30.0 Å². The molecule has 134 valence electrons. The van der Waals surface area contributed by atoms with Crippen molar-refractivity contribution in [3.8, 4) is 10.4 Å². The van der Waals surface area contributed by atoms with E-state index < -0.39 is 22.9 Å². The van der Waals surface area contributed by atoms with Crippen molar-refractivity contribution in [1.29, 1.82) is 0 Å². The third-order valence-electron chi connectivity index (χ3n) is 5.12. The van der Waals surface area contributed by atoms with Crippen LogP contribution < -0.4 is 5.73 Å². The fourth-order valence-electron chi connectivity index (χ4n) is 3.96. The molecule has 1 aliphatic carbocycles. The lowest BCUT2D eigenvalue weighted by Gasteiger charge is -2.44. The number of carboxylic acid groups (broad SMARTS) is 1. The summed E-state index contributed by atoms with van der Waals surface area (Å²) in [6, 6.07) is 5.86. The van der Waals surface area contributed by atoms with Crippen molar-refractivity contribution in [3.05, 3.63) is 35.0 Å². The molecule has 5 nitrogen and oxygen atoms in total. The number of carbonyl (C=O) groups is 1. The SMILES string of the molecule is Cc1cc(N)cc(-c2cnc([C@@]3(O)CC[C@@H](C(=O)O)C(C)(C)C3)s2)c1. The molecule has 0 amide bonds. The number of benzene rings is 1. The summed E-state index contributed by atoms with van der Waals surface area (Å²) in [5, 5.41) is 21.2. The van der Waals surface area contributed by atoms with E-state index in [9.17, 15) is 15.0 Å². The molecule has 0 spiro atoms. The first-order chi connectivity index (χ1) is 11.6. The van der Waals surface area contributed by atoms with Crippen molar-refractivity contribution in [2.75, 3.05) is 5.73 Å². The largest absolute Gasteiger partial charge is 0.481 e. The van der Waals surface area contributed by atoms with Crippen LogP contribution in [-0.4, -0.2) is 21.2 Å². The first-order valence-electron chi connectivity index (χ1n) is 8.40. The number of hydrogen-bond acceptors (Lipinski definition) is 5. The monoisotopic (exact) mass is 360 g/mol. The summed E-state index contributed by atoms with van der Waals surface area (Å²) in [5.74, 6) is -1.23. The molecule has 6 heteroatoms. The number of hydrogen-bond donors (Lipinski definition) is 3. The van der Waals surface area contributed by atoms with E-state index in [1.165, 1.54) is 11.3 Å². The van der Waals surface area contributed by atoms with E-state index in [1.54, 1.807) is 6.20 Å². The maximum Gasteiger partial charge on any atom is 0.307 e. The Balaban J connectivity index is 1.90. The molecular formula is C19H24N2O3S. The van der Waals surface area contributed by atoms with Crippen molar-refractivity contribution in [1.82, 2.24) is 4.98 Å². The molecule has 3 rings (SSSR count). The van der Waals surface area contributed by atoms with Gasteiger partial charge in [-0.3, -0.25) is 4.79 Å². The zero-order chi connectivity index (χ0) is 18.4. The number of nitrogens with two attached hydrogens (primary N) is 1. The van der Waals surface area contributed by atoms with E-state index >= 15 is 0 Å². The van der Waals surface area contributed by atoms with E-state index in [4.69, 9.17) is 5.73 Å². The van der Waals surface area contributed by atoms with Crippen LogP contribution in [0.2, 0.25) is 0 Å². The molecule has 1 heterocycles. The number of carboxylic acids is 1. The third kappa shape index (κ3) is 3.41. The molecule has 2 atom stereocenters. The van der Waals surface area contributed by atoms with E-state index in [-0.39, 0.29) is 0 Å². The molecule has 1 fully saturated rings. The van der Waals surface area contributed by atoms with Gasteiger partial charge in [-0.15, -0.1) is 11.3 Å². The first kappa shape index (κ1) is 17.9. The zero-order valence-corrected chi connectivity index (χ0v) is 15.6. The Labute approximate surface area is 151 Å². The predicted octanol–water partition coefficient (Wildman–Crippen LogP) is 3.80. The number of aliphatic carboxylic acids is 1. The van der Waals surface area contributed by atoms with Crippen LogP contribution in [0.15, 0.2) is 24.4 Å². The second-order valence-corrected chi connectivity index (χ2v) is 8.82. The molecule has 1 aromatic carbocycles. The van der Waals surface area contributed by atoms with Gasteiger partial charge in [-0.1, -0.05) is 19.9 Å². The van der Waals surface area contributed by atoms with Crippen LogP contribution in [0.25, 0.3) is 10.4 Å². The smallest absolute Gasteiger partial charge is 0.307 e. The van der Waals surface area contributed by atoms with Crippen LogP contribution in [0.3, 0.4) is 0 Å². The van der Waals surface area contributed by atoms with E-state index in [0.717, 1.165) is 16.0 Å². The van der Waals surface area contributed by atoms with Crippen LogP contribution in [0, 0.1) is 18.3 Å². The average molecular weight is 360 g/mol. The molecule has 2 aromatic rings. The molecule has 1 aliphatic rings. The van der Waals surface area contributed by atoms with Gasteiger partial charge in [0.2, 0.25) is 0 Å². The maximum atomic E-state index is 11.5. The quantitative estimate of drug-likeness (QED) is 0.724. The van der Waals surface area contributed by atoms with Gasteiger partial charge in [-0.05, 0) is 54.9 Å². The van der Waals surface area contributed by atoms with Gasteiger partial charge in [0.15, 0.2) is 0 Å².